The van der Waals surface area contributed by atoms with Crippen LogP contribution in [0, 0.1) is 5.92 Å². The number of benzene rings is 2. The topological polar surface area (TPSA) is 75.2 Å². The van der Waals surface area contributed by atoms with E-state index in [1.807, 2.05) is 48.5 Å². The summed E-state index contributed by atoms with van der Waals surface area (Å²) >= 11 is 3.14. The average Bonchev–Trinajstić information content (AvgIpc) is 3.36. The van der Waals surface area contributed by atoms with Gasteiger partial charge in [0, 0.05) is 30.2 Å². The molecule has 1 aliphatic rings. The van der Waals surface area contributed by atoms with Crippen molar-refractivity contribution in [1.29, 1.82) is 0 Å². The van der Waals surface area contributed by atoms with Crippen molar-refractivity contribution in [3.63, 3.8) is 0 Å². The quantitative estimate of drug-likeness (QED) is 0.621. The molecule has 2 heterocycles. The van der Waals surface area contributed by atoms with Crippen LogP contribution in [0.5, 0.6) is 0 Å². The highest BCUT2D eigenvalue weighted by atomic mass is 32.2. The maximum atomic E-state index is 12.6. The van der Waals surface area contributed by atoms with E-state index in [0.717, 1.165) is 22.2 Å². The summed E-state index contributed by atoms with van der Waals surface area (Å²) in [5.41, 5.74) is 2.09. The summed E-state index contributed by atoms with van der Waals surface area (Å²) in [7, 11) is 0. The third-order valence-electron chi connectivity index (χ3n) is 4.60. The predicted octanol–water partition coefficient (Wildman–Crippen LogP) is 3.96. The average molecular weight is 425 g/mol. The van der Waals surface area contributed by atoms with Crippen LogP contribution in [0.25, 0.3) is 0 Å². The van der Waals surface area contributed by atoms with Crippen molar-refractivity contribution in [2.45, 2.75) is 17.9 Å². The first-order valence-electron chi connectivity index (χ1n) is 9.29. The van der Waals surface area contributed by atoms with Gasteiger partial charge in [-0.3, -0.25) is 9.59 Å². The van der Waals surface area contributed by atoms with Gasteiger partial charge in [-0.05, 0) is 17.7 Å². The van der Waals surface area contributed by atoms with Crippen molar-refractivity contribution < 1.29 is 9.59 Å². The molecule has 6 nitrogen and oxygen atoms in total. The second-order valence-electron chi connectivity index (χ2n) is 6.71. The van der Waals surface area contributed by atoms with Crippen LogP contribution in [-0.2, 0) is 21.1 Å². The van der Waals surface area contributed by atoms with E-state index < -0.39 is 0 Å². The van der Waals surface area contributed by atoms with E-state index >= 15 is 0 Å². The van der Waals surface area contributed by atoms with E-state index in [-0.39, 0.29) is 24.2 Å². The first-order valence-corrected chi connectivity index (χ1v) is 11.3. The Kier molecular flexibility index (Phi) is 6.21. The molecule has 0 spiro atoms. The normalized spacial score (nSPS) is 16.2. The van der Waals surface area contributed by atoms with Gasteiger partial charge in [0.05, 0.1) is 5.92 Å². The molecule has 2 amide bonds. The van der Waals surface area contributed by atoms with Gasteiger partial charge in [0.25, 0.3) is 0 Å². The SMILES string of the molecule is O=C(Nc1nnc(CSCc2ccccc2)s1)C1CC(=O)N(c2ccccc2)C1. The lowest BCUT2D eigenvalue weighted by molar-refractivity contribution is -0.122. The lowest BCUT2D eigenvalue weighted by atomic mass is 10.1. The molecule has 1 atom stereocenters. The van der Waals surface area contributed by atoms with E-state index in [1.165, 1.54) is 16.9 Å². The molecule has 1 aliphatic heterocycles. The van der Waals surface area contributed by atoms with Gasteiger partial charge in [0.2, 0.25) is 16.9 Å². The van der Waals surface area contributed by atoms with Gasteiger partial charge in [-0.2, -0.15) is 0 Å². The Balaban J connectivity index is 1.28. The number of aromatic nitrogens is 2. The maximum absolute atomic E-state index is 12.6. The molecule has 1 aromatic heterocycles. The maximum Gasteiger partial charge on any atom is 0.231 e. The first-order chi connectivity index (χ1) is 14.2. The summed E-state index contributed by atoms with van der Waals surface area (Å²) < 4.78 is 0. The minimum absolute atomic E-state index is 0.0355. The highest BCUT2D eigenvalue weighted by Crippen LogP contribution is 2.27. The molecular weight excluding hydrogens is 404 g/mol. The highest BCUT2D eigenvalue weighted by Gasteiger charge is 2.35. The zero-order chi connectivity index (χ0) is 20.1. The van der Waals surface area contributed by atoms with Gasteiger partial charge in [-0.25, -0.2) is 0 Å². The van der Waals surface area contributed by atoms with Gasteiger partial charge in [0.1, 0.15) is 5.01 Å². The van der Waals surface area contributed by atoms with Crippen LogP contribution in [0.3, 0.4) is 0 Å². The molecule has 29 heavy (non-hydrogen) atoms. The first kappa shape index (κ1) is 19.6. The number of rotatable bonds is 7. The molecule has 4 rings (SSSR count). The van der Waals surface area contributed by atoms with E-state index in [2.05, 4.69) is 27.6 Å². The van der Waals surface area contributed by atoms with Crippen molar-refractivity contribution >= 4 is 45.7 Å². The number of amides is 2. The minimum Gasteiger partial charge on any atom is -0.312 e. The van der Waals surface area contributed by atoms with Crippen LogP contribution in [0.2, 0.25) is 0 Å². The summed E-state index contributed by atoms with van der Waals surface area (Å²) in [6, 6.07) is 19.7. The number of thioether (sulfide) groups is 1. The lowest BCUT2D eigenvalue weighted by Crippen LogP contribution is -2.28. The number of carbonyl (C=O) groups excluding carboxylic acids is 2. The van der Waals surface area contributed by atoms with Crippen LogP contribution in [0.1, 0.15) is 17.0 Å². The fourth-order valence-corrected chi connectivity index (χ4v) is 4.93. The van der Waals surface area contributed by atoms with E-state index in [4.69, 9.17) is 0 Å². The Bertz CT molecular complexity index is 979. The molecule has 148 valence electrons. The molecule has 1 fully saturated rings. The van der Waals surface area contributed by atoms with Gasteiger partial charge in [-0.15, -0.1) is 22.0 Å². The highest BCUT2D eigenvalue weighted by molar-refractivity contribution is 7.97. The molecule has 0 radical (unpaired) electrons. The zero-order valence-corrected chi connectivity index (χ0v) is 17.3. The smallest absolute Gasteiger partial charge is 0.231 e. The van der Waals surface area contributed by atoms with E-state index in [1.54, 1.807) is 16.7 Å². The number of hydrogen-bond acceptors (Lipinski definition) is 6. The third-order valence-corrected chi connectivity index (χ3v) is 6.63. The standard InChI is InChI=1S/C21H20N4O2S2/c26-19-11-16(12-25(19)17-9-5-2-6-10-17)20(27)22-21-24-23-18(29-21)14-28-13-15-7-3-1-4-8-15/h1-10,16H,11-14H2,(H,22,24,27). The Morgan fingerprint density at radius 1 is 1.07 bits per heavy atom. The Hall–Kier alpha value is -2.71. The Morgan fingerprint density at radius 3 is 2.55 bits per heavy atom. The number of para-hydroxylation sites is 1. The lowest BCUT2D eigenvalue weighted by Gasteiger charge is -2.16. The van der Waals surface area contributed by atoms with Crippen molar-refractivity contribution in [2.75, 3.05) is 16.8 Å². The zero-order valence-electron chi connectivity index (χ0n) is 15.7. The fraction of sp³-hybridized carbons (Fsp3) is 0.238. The van der Waals surface area contributed by atoms with Crippen LogP contribution in [0.15, 0.2) is 60.7 Å². The molecule has 3 aromatic rings. The largest absolute Gasteiger partial charge is 0.312 e. The van der Waals surface area contributed by atoms with Crippen molar-refractivity contribution in [3.05, 3.63) is 71.2 Å². The van der Waals surface area contributed by atoms with Crippen LogP contribution in [-0.4, -0.2) is 28.6 Å². The molecule has 0 saturated carbocycles. The van der Waals surface area contributed by atoms with Crippen LogP contribution in [0.4, 0.5) is 10.8 Å². The number of nitrogens with one attached hydrogen (secondary N) is 1. The number of anilines is 2. The summed E-state index contributed by atoms with van der Waals surface area (Å²) in [5.74, 6) is 1.04. The van der Waals surface area contributed by atoms with Gasteiger partial charge in [-0.1, -0.05) is 59.9 Å². The predicted molar refractivity (Wildman–Crippen MR) is 117 cm³/mol. The third kappa shape index (κ3) is 5.02. The van der Waals surface area contributed by atoms with Gasteiger partial charge < -0.3 is 10.2 Å². The second kappa shape index (κ2) is 9.19. The van der Waals surface area contributed by atoms with Crippen molar-refractivity contribution in [2.24, 2.45) is 5.92 Å². The number of hydrogen-bond donors (Lipinski definition) is 1. The molecule has 1 saturated heterocycles. The van der Waals surface area contributed by atoms with Gasteiger partial charge >= 0.3 is 0 Å². The molecular formula is C21H20N4O2S2. The summed E-state index contributed by atoms with van der Waals surface area (Å²) in [6.07, 6.45) is 0.208. The van der Waals surface area contributed by atoms with Crippen LogP contribution >= 0.6 is 23.1 Å². The molecule has 1 N–H and O–H groups in total. The molecule has 2 aromatic carbocycles. The minimum atomic E-state index is -0.387. The molecule has 8 heteroatoms. The Labute approximate surface area is 177 Å². The fourth-order valence-electron chi connectivity index (χ4n) is 3.14. The van der Waals surface area contributed by atoms with Crippen molar-refractivity contribution in [1.82, 2.24) is 10.2 Å². The Morgan fingerprint density at radius 2 is 1.79 bits per heavy atom. The van der Waals surface area contributed by atoms with Crippen LogP contribution < -0.4 is 10.2 Å². The monoisotopic (exact) mass is 424 g/mol. The van der Waals surface area contributed by atoms with Crippen molar-refractivity contribution in [3.8, 4) is 0 Å². The van der Waals surface area contributed by atoms with E-state index in [0.29, 0.717) is 11.7 Å². The molecule has 0 bridgehead atoms. The molecule has 1 unspecified atom stereocenters. The number of carbonyl (C=O) groups is 2. The second-order valence-corrected chi connectivity index (χ2v) is 8.76. The summed E-state index contributed by atoms with van der Waals surface area (Å²) in [5, 5.41) is 12.4. The van der Waals surface area contributed by atoms with Gasteiger partial charge in [0.15, 0.2) is 0 Å². The van der Waals surface area contributed by atoms with E-state index in [9.17, 15) is 9.59 Å². The summed E-state index contributed by atoms with van der Waals surface area (Å²) in [4.78, 5) is 26.6. The summed E-state index contributed by atoms with van der Waals surface area (Å²) in [6.45, 7) is 0.382. The molecule has 0 aliphatic carbocycles. The number of nitrogens with zero attached hydrogens (tertiary/aromatic N) is 3.